The number of benzene rings is 1. The quantitative estimate of drug-likeness (QED) is 0.222. The molecule has 37 heavy (non-hydrogen) atoms. The van der Waals surface area contributed by atoms with Crippen LogP contribution in [0, 0.1) is 5.82 Å². The Kier molecular flexibility index (Phi) is 8.99. The van der Waals surface area contributed by atoms with Gasteiger partial charge >= 0.3 is 19.4 Å². The maximum Gasteiger partial charge on any atom is 0.459 e. The number of aromatic nitrogens is 2. The van der Waals surface area contributed by atoms with Crippen molar-refractivity contribution in [3.63, 3.8) is 0 Å². The average molecular weight is 564 g/mol. The van der Waals surface area contributed by atoms with E-state index in [0.717, 1.165) is 0 Å². The van der Waals surface area contributed by atoms with Crippen LogP contribution in [0.15, 0.2) is 46.1 Å². The van der Waals surface area contributed by atoms with Crippen molar-refractivity contribution in [1.82, 2.24) is 14.6 Å². The van der Waals surface area contributed by atoms with Gasteiger partial charge in [-0.25, -0.2) is 9.36 Å². The van der Waals surface area contributed by atoms with Crippen molar-refractivity contribution in [3.8, 4) is 5.75 Å². The fraction of sp³-hybridized carbons (Fsp3) is 0.500. The number of aliphatic hydroxyl groups excluding tert-OH is 1. The van der Waals surface area contributed by atoms with Gasteiger partial charge in [0.05, 0.1) is 18.9 Å². The summed E-state index contributed by atoms with van der Waals surface area (Å²) in [7, 11) is -4.29. The molecule has 3 rings (SSSR count). The van der Waals surface area contributed by atoms with Gasteiger partial charge in [-0.3, -0.25) is 23.7 Å². The average Bonchev–Trinajstić information content (AvgIpc) is 3.03. The number of halogens is 2. The molecule has 0 amide bonds. The van der Waals surface area contributed by atoms with E-state index in [0.29, 0.717) is 10.8 Å². The van der Waals surface area contributed by atoms with Crippen molar-refractivity contribution >= 4 is 25.3 Å². The van der Waals surface area contributed by atoms with E-state index in [2.05, 4.69) is 5.09 Å². The molecule has 12 nitrogen and oxygen atoms in total. The molecule has 15 heteroatoms. The first-order valence-corrected chi connectivity index (χ1v) is 13.2. The molecule has 0 saturated carbocycles. The Hall–Kier alpha value is -2.54. The molecule has 1 aliphatic rings. The van der Waals surface area contributed by atoms with Crippen LogP contribution in [0.5, 0.6) is 5.75 Å². The number of hydrogen-bond acceptors (Lipinski definition) is 9. The second kappa shape index (κ2) is 11.5. The van der Waals surface area contributed by atoms with E-state index in [9.17, 15) is 28.4 Å². The fourth-order valence-corrected chi connectivity index (χ4v) is 5.29. The summed E-state index contributed by atoms with van der Waals surface area (Å²) in [6.45, 7) is 5.46. The van der Waals surface area contributed by atoms with Gasteiger partial charge in [-0.05, 0) is 39.8 Å². The first-order chi connectivity index (χ1) is 17.2. The minimum atomic E-state index is -4.29. The van der Waals surface area contributed by atoms with Crippen LogP contribution < -0.4 is 20.9 Å². The number of alkyl halides is 1. The van der Waals surface area contributed by atoms with Crippen LogP contribution in [0.4, 0.5) is 4.39 Å². The standard InChI is InChI=1S/C22H28ClFN3O9P/c1-12(2)34-19(30)13(3)26-37(32,36-14-8-6-5-7-9-14)33-11-16-17(28)22(4,23)20(35-16)27-10-15(24)18(29)25-21(27)31/h5-10,12-13,16-17,20,28H,11H2,1-4H3,(H,26,32)(H,25,29,31)/t13-,16+,17+,20+,22+,37-/m0/s1. The van der Waals surface area contributed by atoms with Crippen LogP contribution in [-0.2, 0) is 23.4 Å². The fourth-order valence-electron chi connectivity index (χ4n) is 3.49. The van der Waals surface area contributed by atoms with Crippen LogP contribution in [0.3, 0.4) is 0 Å². The van der Waals surface area contributed by atoms with Crippen molar-refractivity contribution in [2.24, 2.45) is 0 Å². The van der Waals surface area contributed by atoms with E-state index in [-0.39, 0.29) is 5.75 Å². The van der Waals surface area contributed by atoms with Gasteiger partial charge in [-0.15, -0.1) is 11.6 Å². The highest BCUT2D eigenvalue weighted by Crippen LogP contribution is 2.48. The molecule has 1 aliphatic heterocycles. The number of rotatable bonds is 10. The molecule has 6 atom stereocenters. The third kappa shape index (κ3) is 6.86. The molecule has 1 aromatic carbocycles. The predicted molar refractivity (Wildman–Crippen MR) is 130 cm³/mol. The molecule has 1 aromatic heterocycles. The maximum atomic E-state index is 13.8. The zero-order valence-corrected chi connectivity index (χ0v) is 22.1. The minimum absolute atomic E-state index is 0.158. The molecule has 1 fully saturated rings. The minimum Gasteiger partial charge on any atom is -0.462 e. The Morgan fingerprint density at radius 2 is 1.97 bits per heavy atom. The van der Waals surface area contributed by atoms with Gasteiger partial charge in [0.2, 0.25) is 5.82 Å². The normalized spacial score (nSPS) is 26.0. The third-order valence-corrected chi connectivity index (χ3v) is 7.38. The zero-order chi connectivity index (χ0) is 27.5. The van der Waals surface area contributed by atoms with Gasteiger partial charge in [-0.1, -0.05) is 18.2 Å². The number of carbonyl (C=O) groups excluding carboxylic acids is 1. The number of aliphatic hydroxyl groups is 1. The lowest BCUT2D eigenvalue weighted by molar-refractivity contribution is -0.149. The summed E-state index contributed by atoms with van der Waals surface area (Å²) in [5.41, 5.74) is -2.25. The highest BCUT2D eigenvalue weighted by atomic mass is 35.5. The van der Waals surface area contributed by atoms with Crippen LogP contribution in [-0.4, -0.2) is 56.5 Å². The molecule has 0 radical (unpaired) electrons. The Labute approximate surface area is 216 Å². The molecule has 0 unspecified atom stereocenters. The Bertz CT molecular complexity index is 1270. The van der Waals surface area contributed by atoms with Crippen molar-refractivity contribution in [2.45, 2.75) is 63.2 Å². The summed E-state index contributed by atoms with van der Waals surface area (Å²) in [5.74, 6) is -1.82. The first kappa shape index (κ1) is 29.0. The number of ether oxygens (including phenoxy) is 2. The van der Waals surface area contributed by atoms with Gasteiger partial charge in [0, 0.05) is 0 Å². The van der Waals surface area contributed by atoms with Crippen molar-refractivity contribution in [3.05, 3.63) is 63.2 Å². The molecule has 0 spiro atoms. The van der Waals surface area contributed by atoms with Gasteiger partial charge in [0.1, 0.15) is 28.9 Å². The number of nitrogens with zero attached hydrogens (tertiary/aromatic N) is 1. The van der Waals surface area contributed by atoms with E-state index in [1.165, 1.54) is 26.0 Å². The molecular formula is C22H28ClFN3O9P. The zero-order valence-electron chi connectivity index (χ0n) is 20.4. The number of esters is 1. The number of H-pyrrole nitrogens is 1. The van der Waals surface area contributed by atoms with Crippen LogP contribution in [0.1, 0.15) is 33.9 Å². The number of hydrogen-bond donors (Lipinski definition) is 3. The second-order valence-electron chi connectivity index (χ2n) is 8.80. The highest BCUT2D eigenvalue weighted by molar-refractivity contribution is 7.52. The van der Waals surface area contributed by atoms with Crippen molar-refractivity contribution < 1.29 is 37.4 Å². The summed E-state index contributed by atoms with van der Waals surface area (Å²) in [6.07, 6.45) is -4.03. The number of para-hydroxylation sites is 1. The summed E-state index contributed by atoms with van der Waals surface area (Å²) in [6, 6.07) is 6.88. The monoisotopic (exact) mass is 563 g/mol. The lowest BCUT2D eigenvalue weighted by Gasteiger charge is -2.26. The van der Waals surface area contributed by atoms with E-state index in [4.69, 9.17) is 30.1 Å². The van der Waals surface area contributed by atoms with E-state index < -0.39 is 72.8 Å². The van der Waals surface area contributed by atoms with E-state index in [1.807, 2.05) is 0 Å². The number of nitrogens with one attached hydrogen (secondary N) is 2. The largest absolute Gasteiger partial charge is 0.462 e. The summed E-state index contributed by atoms with van der Waals surface area (Å²) in [5, 5.41) is 13.3. The molecular weight excluding hydrogens is 536 g/mol. The van der Waals surface area contributed by atoms with Gasteiger partial charge in [-0.2, -0.15) is 9.48 Å². The van der Waals surface area contributed by atoms with Crippen LogP contribution in [0.25, 0.3) is 0 Å². The molecule has 0 bridgehead atoms. The van der Waals surface area contributed by atoms with Gasteiger partial charge in [0.25, 0.3) is 5.56 Å². The lowest BCUT2D eigenvalue weighted by atomic mass is 10.0. The molecule has 3 N–H and O–H groups in total. The molecule has 2 heterocycles. The topological polar surface area (TPSA) is 158 Å². The third-order valence-electron chi connectivity index (χ3n) is 5.33. The van der Waals surface area contributed by atoms with E-state index >= 15 is 0 Å². The Morgan fingerprint density at radius 3 is 2.59 bits per heavy atom. The molecule has 204 valence electrons. The molecule has 1 saturated heterocycles. The molecule has 2 aromatic rings. The summed E-state index contributed by atoms with van der Waals surface area (Å²) < 4.78 is 50.0. The van der Waals surface area contributed by atoms with E-state index in [1.54, 1.807) is 37.0 Å². The summed E-state index contributed by atoms with van der Waals surface area (Å²) in [4.78, 5) is 36.0. The Balaban J connectivity index is 1.82. The lowest BCUT2D eigenvalue weighted by Crippen LogP contribution is -2.43. The second-order valence-corrected chi connectivity index (χ2v) is 11.3. The highest BCUT2D eigenvalue weighted by Gasteiger charge is 2.54. The number of carbonyl (C=O) groups is 1. The van der Waals surface area contributed by atoms with Crippen LogP contribution >= 0.6 is 19.3 Å². The Morgan fingerprint density at radius 1 is 1.32 bits per heavy atom. The summed E-state index contributed by atoms with van der Waals surface area (Å²) >= 11 is 6.45. The molecule has 0 aliphatic carbocycles. The number of aromatic amines is 1. The smallest absolute Gasteiger partial charge is 0.459 e. The van der Waals surface area contributed by atoms with Crippen LogP contribution in [0.2, 0.25) is 0 Å². The van der Waals surface area contributed by atoms with Crippen molar-refractivity contribution in [2.75, 3.05) is 6.61 Å². The van der Waals surface area contributed by atoms with Crippen molar-refractivity contribution in [1.29, 1.82) is 0 Å². The van der Waals surface area contributed by atoms with Gasteiger partial charge < -0.3 is 19.1 Å². The SMILES string of the molecule is CC(C)OC(=O)[C@H](C)N[P@](=O)(OC[C@H]1O[C@@H](n2cc(F)c(=O)[nH]c2=O)[C@](C)(Cl)[C@@H]1O)Oc1ccccc1. The predicted octanol–water partition coefficient (Wildman–Crippen LogP) is 2.06. The van der Waals surface area contributed by atoms with Gasteiger partial charge in [0.15, 0.2) is 6.23 Å². The first-order valence-electron chi connectivity index (χ1n) is 11.2. The maximum absolute atomic E-state index is 13.8.